The third kappa shape index (κ3) is 16.4. The van der Waals surface area contributed by atoms with Crippen LogP contribution < -0.4 is 16.4 Å². The fourth-order valence-corrected chi connectivity index (χ4v) is 2.54. The zero-order valence-corrected chi connectivity index (χ0v) is 21.0. The average Bonchev–Trinajstić information content (AvgIpc) is 2.84. The van der Waals surface area contributed by atoms with E-state index in [4.69, 9.17) is 5.73 Å². The summed E-state index contributed by atoms with van der Waals surface area (Å²) >= 11 is 0. The minimum absolute atomic E-state index is 0.0793. The Morgan fingerprint density at radius 1 is 0.886 bits per heavy atom. The number of phenolic OH excluding ortho intramolecular Hbond substituents is 1. The maximum absolute atomic E-state index is 11.9. The largest absolute Gasteiger partial charge is 0.508 e. The minimum atomic E-state index is -0.590. The molecule has 0 aromatic heterocycles. The molecule has 192 valence electrons. The number of nitrogens with one attached hydrogen (secondary N) is 2. The Kier molecular flexibility index (Phi) is 16.5. The molecule has 9 nitrogen and oxygen atoms in total. The van der Waals surface area contributed by atoms with Crippen LogP contribution in [0.4, 0.5) is 0 Å². The number of likely N-dealkylation sites (N-methyl/N-ethyl adjacent to an activating group) is 1. The predicted octanol–water partition coefficient (Wildman–Crippen LogP) is 1.91. The third-order valence-electron chi connectivity index (χ3n) is 4.45. The topological polar surface area (TPSA) is 142 Å². The van der Waals surface area contributed by atoms with Gasteiger partial charge in [0.25, 0.3) is 0 Å². The first-order valence-electron chi connectivity index (χ1n) is 11.5. The van der Waals surface area contributed by atoms with Crippen molar-refractivity contribution in [2.45, 2.75) is 40.0 Å². The zero-order valence-electron chi connectivity index (χ0n) is 21.0. The first-order valence-corrected chi connectivity index (χ1v) is 11.5. The number of nitrogens with two attached hydrogens (primary N) is 1. The molecule has 0 atom stereocenters. The van der Waals surface area contributed by atoms with Crippen molar-refractivity contribution in [3.8, 4) is 5.75 Å². The van der Waals surface area contributed by atoms with Crippen molar-refractivity contribution in [3.05, 3.63) is 65.7 Å². The molecule has 5 N–H and O–H groups in total. The molecule has 35 heavy (non-hydrogen) atoms. The molecule has 0 spiro atoms. The second-order valence-corrected chi connectivity index (χ2v) is 7.41. The normalized spacial score (nSPS) is 9.37. The van der Waals surface area contributed by atoms with Gasteiger partial charge in [-0.3, -0.25) is 19.2 Å². The van der Waals surface area contributed by atoms with Gasteiger partial charge in [0.05, 0.1) is 13.1 Å². The zero-order chi connectivity index (χ0) is 26.6. The SMILES string of the molecule is CC.CN(CC(=O)NCCc1ccc(O)cc1)C(=O)CNC(=O)CCC(N)=O.Cc1ccccc1. The lowest BCUT2D eigenvalue weighted by molar-refractivity contribution is -0.135. The Labute approximate surface area is 207 Å². The van der Waals surface area contributed by atoms with Crippen molar-refractivity contribution in [2.24, 2.45) is 5.73 Å². The van der Waals surface area contributed by atoms with Gasteiger partial charge in [0.2, 0.25) is 23.6 Å². The highest BCUT2D eigenvalue weighted by atomic mass is 16.3. The van der Waals surface area contributed by atoms with Crippen molar-refractivity contribution >= 4 is 23.6 Å². The van der Waals surface area contributed by atoms with Crippen LogP contribution in [0.5, 0.6) is 5.75 Å². The van der Waals surface area contributed by atoms with Gasteiger partial charge >= 0.3 is 0 Å². The quantitative estimate of drug-likeness (QED) is 0.406. The molecule has 0 aliphatic rings. The van der Waals surface area contributed by atoms with Crippen molar-refractivity contribution in [1.29, 1.82) is 0 Å². The van der Waals surface area contributed by atoms with Gasteiger partial charge in [-0.25, -0.2) is 0 Å². The molecule has 4 amide bonds. The predicted molar refractivity (Wildman–Crippen MR) is 136 cm³/mol. The summed E-state index contributed by atoms with van der Waals surface area (Å²) < 4.78 is 0. The molecule has 2 aromatic carbocycles. The van der Waals surface area contributed by atoms with E-state index in [2.05, 4.69) is 29.7 Å². The van der Waals surface area contributed by atoms with Gasteiger partial charge in [-0.1, -0.05) is 61.9 Å². The lowest BCUT2D eigenvalue weighted by Crippen LogP contribution is -2.43. The van der Waals surface area contributed by atoms with Gasteiger partial charge in [-0.15, -0.1) is 0 Å². The van der Waals surface area contributed by atoms with Crippen molar-refractivity contribution < 1.29 is 24.3 Å². The smallest absolute Gasteiger partial charge is 0.242 e. The molecule has 0 saturated heterocycles. The molecule has 0 unspecified atom stereocenters. The molecule has 0 aliphatic heterocycles. The van der Waals surface area contributed by atoms with Crippen LogP contribution >= 0.6 is 0 Å². The van der Waals surface area contributed by atoms with Crippen molar-refractivity contribution in [3.63, 3.8) is 0 Å². The number of rotatable bonds is 10. The number of primary amides is 1. The van der Waals surface area contributed by atoms with Crippen LogP contribution in [0.3, 0.4) is 0 Å². The van der Waals surface area contributed by atoms with Crippen molar-refractivity contribution in [1.82, 2.24) is 15.5 Å². The highest BCUT2D eigenvalue weighted by Gasteiger charge is 2.14. The van der Waals surface area contributed by atoms with E-state index < -0.39 is 17.7 Å². The lowest BCUT2D eigenvalue weighted by atomic mass is 10.1. The summed E-state index contributed by atoms with van der Waals surface area (Å²) in [5.74, 6) is -1.61. The van der Waals surface area contributed by atoms with Crippen LogP contribution in [0, 0.1) is 6.92 Å². The molecule has 0 fully saturated rings. The Morgan fingerprint density at radius 3 is 2.00 bits per heavy atom. The van der Waals surface area contributed by atoms with E-state index in [0.717, 1.165) is 5.56 Å². The fraction of sp³-hybridized carbons (Fsp3) is 0.385. The highest BCUT2D eigenvalue weighted by molar-refractivity contribution is 5.89. The fourth-order valence-electron chi connectivity index (χ4n) is 2.54. The van der Waals surface area contributed by atoms with Gasteiger partial charge in [-0.2, -0.15) is 0 Å². The Bertz CT molecular complexity index is 902. The van der Waals surface area contributed by atoms with Gasteiger partial charge in [0.15, 0.2) is 0 Å². The molecule has 9 heteroatoms. The Balaban J connectivity index is 0.00000108. The minimum Gasteiger partial charge on any atom is -0.508 e. The molecule has 0 bridgehead atoms. The summed E-state index contributed by atoms with van der Waals surface area (Å²) in [6, 6.07) is 16.9. The number of aryl methyl sites for hydroxylation is 1. The van der Waals surface area contributed by atoms with Gasteiger partial charge in [0, 0.05) is 26.4 Å². The average molecular weight is 487 g/mol. The van der Waals surface area contributed by atoms with Gasteiger partial charge < -0.3 is 26.4 Å². The third-order valence-corrected chi connectivity index (χ3v) is 4.45. The molecule has 0 radical (unpaired) electrons. The summed E-state index contributed by atoms with van der Waals surface area (Å²) in [4.78, 5) is 46.9. The molecule has 2 rings (SSSR count). The van der Waals surface area contributed by atoms with Crippen LogP contribution in [-0.2, 0) is 25.6 Å². The van der Waals surface area contributed by atoms with E-state index in [-0.39, 0.29) is 37.6 Å². The second kappa shape index (κ2) is 18.5. The lowest BCUT2D eigenvalue weighted by Gasteiger charge is -2.17. The number of hydrogen-bond acceptors (Lipinski definition) is 5. The van der Waals surface area contributed by atoms with E-state index in [1.807, 2.05) is 32.0 Å². The number of nitrogens with zero attached hydrogens (tertiary/aromatic N) is 1. The van der Waals surface area contributed by atoms with E-state index >= 15 is 0 Å². The van der Waals surface area contributed by atoms with Crippen LogP contribution in [0.15, 0.2) is 54.6 Å². The summed E-state index contributed by atoms with van der Waals surface area (Å²) in [5.41, 5.74) is 7.22. The van der Waals surface area contributed by atoms with Crippen LogP contribution in [0.1, 0.15) is 37.8 Å². The van der Waals surface area contributed by atoms with E-state index in [9.17, 15) is 24.3 Å². The summed E-state index contributed by atoms with van der Waals surface area (Å²) in [6.07, 6.45) is 0.434. The first kappa shape index (κ1) is 31.1. The van der Waals surface area contributed by atoms with Crippen LogP contribution in [-0.4, -0.2) is 60.3 Å². The van der Waals surface area contributed by atoms with E-state index in [1.165, 1.54) is 17.5 Å². The van der Waals surface area contributed by atoms with E-state index in [0.29, 0.717) is 13.0 Å². The number of amides is 4. The maximum Gasteiger partial charge on any atom is 0.242 e. The molecule has 2 aromatic rings. The van der Waals surface area contributed by atoms with Crippen LogP contribution in [0.25, 0.3) is 0 Å². The number of hydrogen-bond donors (Lipinski definition) is 4. The summed E-state index contributed by atoms with van der Waals surface area (Å²) in [7, 11) is 1.46. The number of aromatic hydroxyl groups is 1. The standard InChI is InChI=1S/C17H24N4O5.C7H8.C2H6/c1-21(17(26)10-20-15(24)7-6-14(18)23)11-16(25)19-9-8-12-2-4-13(22)5-3-12;1-7-5-3-2-4-6-7;1-2/h2-5,22H,6-11H2,1H3,(H2,18,23)(H,19,25)(H,20,24);2-6H,1H3;1-2H3. The molecule has 0 aliphatic carbocycles. The number of carbonyl (C=O) groups excluding carboxylic acids is 4. The number of phenols is 1. The first-order chi connectivity index (χ1) is 16.7. The van der Waals surface area contributed by atoms with Crippen molar-refractivity contribution in [2.75, 3.05) is 26.7 Å². The summed E-state index contributed by atoms with van der Waals surface area (Å²) in [5, 5.41) is 14.3. The second-order valence-electron chi connectivity index (χ2n) is 7.41. The molecular weight excluding hydrogens is 448 g/mol. The summed E-state index contributed by atoms with van der Waals surface area (Å²) in [6.45, 7) is 6.09. The Morgan fingerprint density at radius 2 is 1.49 bits per heavy atom. The van der Waals surface area contributed by atoms with Gasteiger partial charge in [-0.05, 0) is 31.0 Å². The number of benzene rings is 2. The monoisotopic (exact) mass is 486 g/mol. The molecule has 0 heterocycles. The van der Waals surface area contributed by atoms with E-state index in [1.54, 1.807) is 24.3 Å². The highest BCUT2D eigenvalue weighted by Crippen LogP contribution is 2.09. The van der Waals surface area contributed by atoms with Gasteiger partial charge in [0.1, 0.15) is 5.75 Å². The number of carbonyl (C=O) groups is 4. The molecular formula is C26H38N4O5. The van der Waals surface area contributed by atoms with Crippen LogP contribution in [0.2, 0.25) is 0 Å². The Hall–Kier alpha value is -3.88. The molecule has 0 saturated carbocycles. The maximum atomic E-state index is 11.9.